The van der Waals surface area contributed by atoms with Crippen molar-refractivity contribution in [2.24, 2.45) is 0 Å². The summed E-state index contributed by atoms with van der Waals surface area (Å²) in [6.45, 7) is -0.440. The van der Waals surface area contributed by atoms with E-state index in [2.05, 4.69) is 0 Å². The van der Waals surface area contributed by atoms with Gasteiger partial charge in [-0.1, -0.05) is 42.5 Å². The molecule has 0 fully saturated rings. The Morgan fingerprint density at radius 1 is 0.882 bits per heavy atom. The Morgan fingerprint density at radius 3 is 1.94 bits per heavy atom. The van der Waals surface area contributed by atoms with Crippen LogP contribution in [-0.4, -0.2) is 59.2 Å². The monoisotopic (exact) mass is 458 g/mol. The molecule has 1 atom stereocenters. The topological polar surface area (TPSA) is 132 Å². The van der Waals surface area contributed by atoms with E-state index in [4.69, 9.17) is 15.3 Å². The normalized spacial score (nSPS) is 12.9. The van der Waals surface area contributed by atoms with Gasteiger partial charge in [0.1, 0.15) is 6.04 Å². The van der Waals surface area contributed by atoms with Gasteiger partial charge in [-0.05, 0) is 17.7 Å². The average Bonchev–Trinajstić information content (AvgIpc) is 3.11. The Bertz CT molecular complexity index is 1110. The van der Waals surface area contributed by atoms with E-state index in [1.807, 2.05) is 12.1 Å². The van der Waals surface area contributed by atoms with Crippen LogP contribution in [-0.2, 0) is 20.7 Å². The first kappa shape index (κ1) is 24.1. The minimum absolute atomic E-state index is 0.0198. The van der Waals surface area contributed by atoms with Crippen LogP contribution in [0.4, 0.5) is 0 Å². The average molecular weight is 458 g/mol. The molecule has 0 saturated heterocycles. The van der Waals surface area contributed by atoms with Crippen LogP contribution in [0, 0.1) is 22.7 Å². The molecule has 1 aliphatic rings. The maximum absolute atomic E-state index is 13.1. The Kier molecular flexibility index (Phi) is 8.09. The molecule has 0 spiro atoms. The first-order chi connectivity index (χ1) is 16.5. The molecule has 2 aromatic rings. The molecule has 0 radical (unpaired) electrons. The number of ether oxygens (including phenoxy) is 1. The molecular weight excluding hydrogens is 436 g/mol. The van der Waals surface area contributed by atoms with E-state index in [0.29, 0.717) is 5.56 Å². The number of nitrogens with zero attached hydrogens (tertiary/aromatic N) is 4. The maximum Gasteiger partial charge on any atom is 0.330 e. The van der Waals surface area contributed by atoms with Gasteiger partial charge in [0.15, 0.2) is 6.61 Å². The summed E-state index contributed by atoms with van der Waals surface area (Å²) in [6, 6.07) is 17.8. The fourth-order valence-electron chi connectivity index (χ4n) is 3.66. The van der Waals surface area contributed by atoms with Gasteiger partial charge < -0.3 is 9.64 Å². The first-order valence-electron chi connectivity index (χ1n) is 10.7. The van der Waals surface area contributed by atoms with Crippen molar-refractivity contribution in [1.29, 1.82) is 10.5 Å². The molecule has 1 aliphatic heterocycles. The lowest BCUT2D eigenvalue weighted by atomic mass is 10.0. The highest BCUT2D eigenvalue weighted by Crippen LogP contribution is 2.26. The second kappa shape index (κ2) is 11.4. The Morgan fingerprint density at radius 2 is 1.41 bits per heavy atom. The largest absolute Gasteiger partial charge is 0.454 e. The van der Waals surface area contributed by atoms with Crippen molar-refractivity contribution in [2.75, 3.05) is 19.7 Å². The molecule has 0 unspecified atom stereocenters. The number of hydrogen-bond donors (Lipinski definition) is 0. The molecule has 3 rings (SSSR count). The van der Waals surface area contributed by atoms with E-state index in [-0.39, 0.29) is 43.5 Å². The fourth-order valence-corrected chi connectivity index (χ4v) is 3.66. The Hall–Kier alpha value is -4.50. The van der Waals surface area contributed by atoms with Gasteiger partial charge in [0.2, 0.25) is 0 Å². The summed E-state index contributed by atoms with van der Waals surface area (Å²) < 4.78 is 5.24. The zero-order valence-electron chi connectivity index (χ0n) is 18.3. The SMILES string of the molecule is N#CCCN(CCC#N)C(=O)COC(=O)[C@H](Cc1ccccc1)N1C(=O)c2ccccc2C1=O. The quantitative estimate of drug-likeness (QED) is 0.393. The van der Waals surface area contributed by atoms with Gasteiger partial charge in [0.05, 0.1) is 36.1 Å². The number of fused-ring (bicyclic) bond motifs is 1. The molecule has 9 heteroatoms. The van der Waals surface area contributed by atoms with E-state index >= 15 is 0 Å². The second-order valence-electron chi connectivity index (χ2n) is 7.54. The highest BCUT2D eigenvalue weighted by Gasteiger charge is 2.43. The molecule has 3 amide bonds. The molecule has 0 aromatic heterocycles. The standard InChI is InChI=1S/C25H22N4O5/c26-12-6-14-28(15-7-13-27)22(30)17-34-25(33)21(16-18-8-2-1-3-9-18)29-23(31)19-10-4-5-11-20(19)24(29)32/h1-5,8-11,21H,6-7,14-17H2/t21-/m0/s1. The number of esters is 1. The fraction of sp³-hybridized carbons (Fsp3) is 0.280. The lowest BCUT2D eigenvalue weighted by Gasteiger charge is -2.25. The van der Waals surface area contributed by atoms with Crippen LogP contribution in [0.25, 0.3) is 0 Å². The van der Waals surface area contributed by atoms with Gasteiger partial charge in [-0.15, -0.1) is 0 Å². The van der Waals surface area contributed by atoms with E-state index < -0.39 is 36.3 Å². The van der Waals surface area contributed by atoms with E-state index in [1.54, 1.807) is 42.5 Å². The number of imide groups is 1. The summed E-state index contributed by atoms with van der Waals surface area (Å²) in [6.07, 6.45) is 0.152. The summed E-state index contributed by atoms with van der Waals surface area (Å²) in [7, 11) is 0. The van der Waals surface area contributed by atoms with E-state index in [9.17, 15) is 19.2 Å². The predicted octanol–water partition coefficient (Wildman–Crippen LogP) is 2.09. The van der Waals surface area contributed by atoms with Crippen molar-refractivity contribution in [3.05, 3.63) is 71.3 Å². The molecule has 0 N–H and O–H groups in total. The second-order valence-corrected chi connectivity index (χ2v) is 7.54. The predicted molar refractivity (Wildman–Crippen MR) is 119 cm³/mol. The molecular formula is C25H22N4O5. The van der Waals surface area contributed by atoms with Crippen molar-refractivity contribution < 1.29 is 23.9 Å². The summed E-state index contributed by atoms with van der Waals surface area (Å²) >= 11 is 0. The summed E-state index contributed by atoms with van der Waals surface area (Å²) in [5.41, 5.74) is 1.11. The van der Waals surface area contributed by atoms with Gasteiger partial charge in [0, 0.05) is 19.5 Å². The molecule has 0 aliphatic carbocycles. The minimum Gasteiger partial charge on any atom is -0.454 e. The lowest BCUT2D eigenvalue weighted by molar-refractivity contribution is -0.155. The summed E-state index contributed by atoms with van der Waals surface area (Å²) in [5.74, 6) is -2.67. The number of nitriles is 2. The Balaban J connectivity index is 1.79. The van der Waals surface area contributed by atoms with E-state index in [1.165, 1.54) is 17.0 Å². The maximum atomic E-state index is 13.1. The van der Waals surface area contributed by atoms with Crippen LogP contribution in [0.2, 0.25) is 0 Å². The number of carbonyl (C=O) groups is 4. The zero-order chi connectivity index (χ0) is 24.5. The Labute approximate surface area is 196 Å². The minimum atomic E-state index is -1.27. The molecule has 2 aromatic carbocycles. The van der Waals surface area contributed by atoms with Crippen molar-refractivity contribution in [2.45, 2.75) is 25.3 Å². The van der Waals surface area contributed by atoms with Crippen LogP contribution in [0.1, 0.15) is 39.1 Å². The molecule has 34 heavy (non-hydrogen) atoms. The highest BCUT2D eigenvalue weighted by atomic mass is 16.5. The van der Waals surface area contributed by atoms with Gasteiger partial charge >= 0.3 is 5.97 Å². The molecule has 0 saturated carbocycles. The zero-order valence-corrected chi connectivity index (χ0v) is 18.3. The molecule has 172 valence electrons. The smallest absolute Gasteiger partial charge is 0.330 e. The third kappa shape index (κ3) is 5.45. The van der Waals surface area contributed by atoms with Crippen LogP contribution in [0.5, 0.6) is 0 Å². The van der Waals surface area contributed by atoms with Crippen LogP contribution in [0.3, 0.4) is 0 Å². The summed E-state index contributed by atoms with van der Waals surface area (Å²) in [4.78, 5) is 53.8. The van der Waals surface area contributed by atoms with Crippen LogP contribution >= 0.6 is 0 Å². The van der Waals surface area contributed by atoms with Gasteiger partial charge in [0.25, 0.3) is 17.7 Å². The van der Waals surface area contributed by atoms with Gasteiger partial charge in [-0.25, -0.2) is 4.79 Å². The lowest BCUT2D eigenvalue weighted by Crippen LogP contribution is -2.48. The van der Waals surface area contributed by atoms with Crippen molar-refractivity contribution in [3.8, 4) is 12.1 Å². The van der Waals surface area contributed by atoms with Crippen LogP contribution < -0.4 is 0 Å². The number of carbonyl (C=O) groups excluding carboxylic acids is 4. The number of benzene rings is 2. The van der Waals surface area contributed by atoms with Gasteiger partial charge in [-0.3, -0.25) is 19.3 Å². The molecule has 9 nitrogen and oxygen atoms in total. The van der Waals surface area contributed by atoms with Gasteiger partial charge in [-0.2, -0.15) is 10.5 Å². The number of rotatable bonds is 10. The molecule has 1 heterocycles. The number of hydrogen-bond acceptors (Lipinski definition) is 7. The molecule has 0 bridgehead atoms. The summed E-state index contributed by atoms with van der Waals surface area (Å²) in [5, 5.41) is 17.6. The highest BCUT2D eigenvalue weighted by molar-refractivity contribution is 6.22. The van der Waals surface area contributed by atoms with E-state index in [0.717, 1.165) is 4.90 Å². The van der Waals surface area contributed by atoms with Crippen molar-refractivity contribution >= 4 is 23.7 Å². The number of amides is 3. The third-order valence-electron chi connectivity index (χ3n) is 5.36. The van der Waals surface area contributed by atoms with Crippen molar-refractivity contribution in [3.63, 3.8) is 0 Å². The first-order valence-corrected chi connectivity index (χ1v) is 10.7. The van der Waals surface area contributed by atoms with Crippen molar-refractivity contribution in [1.82, 2.24) is 9.80 Å². The third-order valence-corrected chi connectivity index (χ3v) is 5.36. The van der Waals surface area contributed by atoms with Crippen LogP contribution in [0.15, 0.2) is 54.6 Å².